The Morgan fingerprint density at radius 1 is 1.18 bits per heavy atom. The molecule has 0 aliphatic heterocycles. The quantitative estimate of drug-likeness (QED) is 0.636. The summed E-state index contributed by atoms with van der Waals surface area (Å²) in [5.41, 5.74) is 3.91. The molecule has 0 amide bonds. The Morgan fingerprint density at radius 3 is 2.24 bits per heavy atom. The molecule has 1 aromatic rings. The second-order valence-corrected chi connectivity index (χ2v) is 4.85. The standard InChI is InChI=1S/C17H22/c1-6-8-15(9-7-2)17(4,5)16-12-10-14(3)11-13-16/h6-13H,1H2,2-5H3/b9-7-,15-8+. The number of rotatable bonds is 4. The molecule has 90 valence electrons. The van der Waals surface area contributed by atoms with E-state index in [0.717, 1.165) is 0 Å². The molecule has 0 fully saturated rings. The molecule has 0 spiro atoms. The van der Waals surface area contributed by atoms with E-state index in [9.17, 15) is 0 Å². The van der Waals surface area contributed by atoms with Gasteiger partial charge in [0, 0.05) is 5.41 Å². The van der Waals surface area contributed by atoms with Gasteiger partial charge in [0.15, 0.2) is 0 Å². The molecule has 0 radical (unpaired) electrons. The van der Waals surface area contributed by atoms with Gasteiger partial charge in [0.25, 0.3) is 0 Å². The zero-order valence-electron chi connectivity index (χ0n) is 11.3. The average molecular weight is 226 g/mol. The highest BCUT2D eigenvalue weighted by atomic mass is 14.3. The van der Waals surface area contributed by atoms with Crippen LogP contribution in [0, 0.1) is 6.92 Å². The molecule has 0 heterocycles. The predicted octanol–water partition coefficient (Wildman–Crippen LogP) is 4.96. The molecule has 0 heteroatoms. The van der Waals surface area contributed by atoms with Crippen molar-refractivity contribution in [3.8, 4) is 0 Å². The fourth-order valence-electron chi connectivity index (χ4n) is 1.92. The van der Waals surface area contributed by atoms with Gasteiger partial charge in [-0.15, -0.1) is 0 Å². The van der Waals surface area contributed by atoms with Gasteiger partial charge < -0.3 is 0 Å². The van der Waals surface area contributed by atoms with E-state index in [4.69, 9.17) is 0 Å². The van der Waals surface area contributed by atoms with Crippen molar-refractivity contribution in [3.63, 3.8) is 0 Å². The number of aryl methyl sites for hydroxylation is 1. The van der Waals surface area contributed by atoms with Gasteiger partial charge in [-0.25, -0.2) is 0 Å². The topological polar surface area (TPSA) is 0 Å². The maximum atomic E-state index is 3.79. The van der Waals surface area contributed by atoms with Crippen LogP contribution in [0.25, 0.3) is 0 Å². The van der Waals surface area contributed by atoms with Gasteiger partial charge in [0.1, 0.15) is 0 Å². The van der Waals surface area contributed by atoms with Gasteiger partial charge in [-0.1, -0.05) is 74.6 Å². The molecule has 1 aromatic carbocycles. The highest BCUT2D eigenvalue weighted by Crippen LogP contribution is 2.32. The second kappa shape index (κ2) is 5.67. The lowest BCUT2D eigenvalue weighted by Gasteiger charge is -2.27. The minimum Gasteiger partial charge on any atom is -0.0991 e. The van der Waals surface area contributed by atoms with Crippen LogP contribution in [0.15, 0.2) is 60.7 Å². The lowest BCUT2D eigenvalue weighted by Crippen LogP contribution is -2.19. The third kappa shape index (κ3) is 3.20. The number of hydrogen-bond donors (Lipinski definition) is 0. The van der Waals surface area contributed by atoms with Crippen molar-refractivity contribution in [3.05, 3.63) is 71.8 Å². The lowest BCUT2D eigenvalue weighted by molar-refractivity contribution is 0.639. The van der Waals surface area contributed by atoms with E-state index in [1.807, 2.05) is 13.0 Å². The Bertz CT molecular complexity index is 428. The van der Waals surface area contributed by atoms with Crippen LogP contribution in [0.2, 0.25) is 0 Å². The van der Waals surface area contributed by atoms with Crippen molar-refractivity contribution in [1.82, 2.24) is 0 Å². The summed E-state index contributed by atoms with van der Waals surface area (Å²) in [5, 5.41) is 0. The Labute approximate surface area is 105 Å². The average Bonchev–Trinajstić information content (AvgIpc) is 2.29. The molecule has 0 saturated heterocycles. The SMILES string of the molecule is C=C/C=C(\C=C/C)C(C)(C)c1ccc(C)cc1. The number of allylic oxidation sites excluding steroid dienone is 5. The van der Waals surface area contributed by atoms with Crippen LogP contribution in [0.1, 0.15) is 31.9 Å². The Hall–Kier alpha value is -1.56. The Morgan fingerprint density at radius 2 is 1.76 bits per heavy atom. The summed E-state index contributed by atoms with van der Waals surface area (Å²) in [6.07, 6.45) is 8.16. The first-order valence-corrected chi connectivity index (χ1v) is 6.05. The van der Waals surface area contributed by atoms with Crippen LogP contribution in [-0.4, -0.2) is 0 Å². The normalized spacial score (nSPS) is 13.1. The van der Waals surface area contributed by atoms with Crippen LogP contribution in [0.5, 0.6) is 0 Å². The van der Waals surface area contributed by atoms with Crippen molar-refractivity contribution < 1.29 is 0 Å². The zero-order valence-corrected chi connectivity index (χ0v) is 11.3. The third-order valence-corrected chi connectivity index (χ3v) is 3.14. The maximum absolute atomic E-state index is 3.79. The molecule has 0 N–H and O–H groups in total. The Kier molecular flexibility index (Phi) is 4.51. The lowest BCUT2D eigenvalue weighted by atomic mass is 9.77. The van der Waals surface area contributed by atoms with E-state index in [0.29, 0.717) is 0 Å². The van der Waals surface area contributed by atoms with Crippen molar-refractivity contribution in [1.29, 1.82) is 0 Å². The summed E-state index contributed by atoms with van der Waals surface area (Å²) in [7, 11) is 0. The van der Waals surface area contributed by atoms with Gasteiger partial charge >= 0.3 is 0 Å². The second-order valence-electron chi connectivity index (χ2n) is 4.85. The van der Waals surface area contributed by atoms with E-state index < -0.39 is 0 Å². The summed E-state index contributed by atoms with van der Waals surface area (Å²) in [6, 6.07) is 8.74. The summed E-state index contributed by atoms with van der Waals surface area (Å²) < 4.78 is 0. The smallest absolute Gasteiger partial charge is 0.0146 e. The minimum absolute atomic E-state index is 0.00833. The van der Waals surface area contributed by atoms with E-state index >= 15 is 0 Å². The van der Waals surface area contributed by atoms with Crippen molar-refractivity contribution in [2.45, 2.75) is 33.1 Å². The molecule has 0 atom stereocenters. The van der Waals surface area contributed by atoms with Crippen LogP contribution in [-0.2, 0) is 5.41 Å². The zero-order chi connectivity index (χ0) is 12.9. The Balaban J connectivity index is 3.20. The monoisotopic (exact) mass is 226 g/mol. The summed E-state index contributed by atoms with van der Waals surface area (Å²) in [5.74, 6) is 0. The number of hydrogen-bond acceptors (Lipinski definition) is 0. The molecule has 0 aromatic heterocycles. The van der Waals surface area contributed by atoms with Crippen molar-refractivity contribution >= 4 is 0 Å². The van der Waals surface area contributed by atoms with E-state index in [1.54, 1.807) is 0 Å². The van der Waals surface area contributed by atoms with Crippen molar-refractivity contribution in [2.24, 2.45) is 0 Å². The molecule has 17 heavy (non-hydrogen) atoms. The molecular weight excluding hydrogens is 204 g/mol. The fourth-order valence-corrected chi connectivity index (χ4v) is 1.92. The highest BCUT2D eigenvalue weighted by molar-refractivity contribution is 5.42. The van der Waals surface area contributed by atoms with Crippen LogP contribution in [0.3, 0.4) is 0 Å². The molecule has 0 nitrogen and oxygen atoms in total. The number of benzene rings is 1. The highest BCUT2D eigenvalue weighted by Gasteiger charge is 2.23. The summed E-state index contributed by atoms with van der Waals surface area (Å²) in [4.78, 5) is 0. The minimum atomic E-state index is 0.00833. The van der Waals surface area contributed by atoms with E-state index in [-0.39, 0.29) is 5.41 Å². The van der Waals surface area contributed by atoms with Gasteiger partial charge in [0.05, 0.1) is 0 Å². The third-order valence-electron chi connectivity index (χ3n) is 3.14. The predicted molar refractivity (Wildman–Crippen MR) is 77.3 cm³/mol. The molecular formula is C17H22. The largest absolute Gasteiger partial charge is 0.0991 e. The van der Waals surface area contributed by atoms with Gasteiger partial charge in [-0.3, -0.25) is 0 Å². The maximum Gasteiger partial charge on any atom is 0.0146 e. The van der Waals surface area contributed by atoms with E-state index in [2.05, 4.69) is 69.8 Å². The fraction of sp³-hybridized carbons (Fsp3) is 0.294. The van der Waals surface area contributed by atoms with Crippen molar-refractivity contribution in [2.75, 3.05) is 0 Å². The summed E-state index contributed by atoms with van der Waals surface area (Å²) >= 11 is 0. The summed E-state index contributed by atoms with van der Waals surface area (Å²) in [6.45, 7) is 12.4. The van der Waals surface area contributed by atoms with Gasteiger partial charge in [0.2, 0.25) is 0 Å². The van der Waals surface area contributed by atoms with Crippen LogP contribution >= 0.6 is 0 Å². The van der Waals surface area contributed by atoms with E-state index in [1.165, 1.54) is 16.7 Å². The van der Waals surface area contributed by atoms with Crippen LogP contribution < -0.4 is 0 Å². The molecule has 1 rings (SSSR count). The first-order valence-electron chi connectivity index (χ1n) is 6.05. The molecule has 0 unspecified atom stereocenters. The first kappa shape index (κ1) is 13.5. The molecule has 0 aliphatic rings. The molecule has 0 saturated carbocycles. The van der Waals surface area contributed by atoms with Crippen LogP contribution in [0.4, 0.5) is 0 Å². The van der Waals surface area contributed by atoms with Gasteiger partial charge in [-0.2, -0.15) is 0 Å². The first-order chi connectivity index (χ1) is 8.02. The van der Waals surface area contributed by atoms with Gasteiger partial charge in [-0.05, 0) is 25.0 Å². The molecule has 0 bridgehead atoms. The molecule has 0 aliphatic carbocycles.